The molecule has 1 unspecified atom stereocenters. The van der Waals surface area contributed by atoms with Gasteiger partial charge in [0.1, 0.15) is 5.92 Å². The lowest BCUT2D eigenvalue weighted by molar-refractivity contribution is -0.119. The highest BCUT2D eigenvalue weighted by molar-refractivity contribution is 5.94. The molecule has 0 saturated heterocycles. The molecule has 0 heterocycles. The summed E-state index contributed by atoms with van der Waals surface area (Å²) in [4.78, 5) is 11.6. The van der Waals surface area contributed by atoms with E-state index in [4.69, 9.17) is 5.26 Å². The topological polar surface area (TPSA) is 52.9 Å². The van der Waals surface area contributed by atoms with Crippen LogP contribution in [0.15, 0.2) is 18.2 Å². The maximum atomic E-state index is 12.9. The Balaban J connectivity index is 2.81. The first kappa shape index (κ1) is 13.1. The van der Waals surface area contributed by atoms with Crippen LogP contribution >= 0.6 is 0 Å². The van der Waals surface area contributed by atoms with Crippen molar-refractivity contribution in [1.29, 1.82) is 5.26 Å². The van der Waals surface area contributed by atoms with Gasteiger partial charge >= 0.3 is 0 Å². The van der Waals surface area contributed by atoms with Gasteiger partial charge in [-0.3, -0.25) is 4.79 Å². The fourth-order valence-corrected chi connectivity index (χ4v) is 1.30. The Hall–Kier alpha value is -1.96. The van der Waals surface area contributed by atoms with Gasteiger partial charge in [-0.25, -0.2) is 8.78 Å². The molecule has 0 aliphatic heterocycles. The van der Waals surface area contributed by atoms with Gasteiger partial charge in [0.15, 0.2) is 11.6 Å². The van der Waals surface area contributed by atoms with Crippen LogP contribution in [0, 0.1) is 34.8 Å². The molecular weight excluding hydrogens is 226 g/mol. The Morgan fingerprint density at radius 1 is 1.35 bits per heavy atom. The molecule has 3 nitrogen and oxygen atoms in total. The number of rotatable bonds is 3. The highest BCUT2D eigenvalue weighted by atomic mass is 19.2. The molecule has 5 heteroatoms. The second-order valence-electron chi connectivity index (χ2n) is 3.97. The van der Waals surface area contributed by atoms with Crippen LogP contribution in [0.5, 0.6) is 0 Å². The van der Waals surface area contributed by atoms with Crippen molar-refractivity contribution in [2.45, 2.75) is 13.8 Å². The monoisotopic (exact) mass is 238 g/mol. The number of benzene rings is 1. The van der Waals surface area contributed by atoms with E-state index in [2.05, 4.69) is 5.32 Å². The molecule has 1 aromatic rings. The summed E-state index contributed by atoms with van der Waals surface area (Å²) in [7, 11) is 0. The van der Waals surface area contributed by atoms with Crippen molar-refractivity contribution in [3.8, 4) is 6.07 Å². The lowest BCUT2D eigenvalue weighted by Crippen LogP contribution is -2.25. The van der Waals surface area contributed by atoms with E-state index in [1.54, 1.807) is 13.8 Å². The van der Waals surface area contributed by atoms with Crippen LogP contribution in [0.3, 0.4) is 0 Å². The van der Waals surface area contributed by atoms with Crippen molar-refractivity contribution in [2.24, 2.45) is 11.8 Å². The quantitative estimate of drug-likeness (QED) is 0.880. The standard InChI is InChI=1S/C12H12F2N2O/c1-7(2)9(6-15)12(17)16-8-3-4-10(13)11(14)5-8/h3-5,7,9H,1-2H3,(H,16,17). The Bertz CT molecular complexity index is 466. The van der Waals surface area contributed by atoms with Gasteiger partial charge in [0.2, 0.25) is 5.91 Å². The zero-order valence-electron chi connectivity index (χ0n) is 9.50. The number of carbonyl (C=O) groups is 1. The number of halogens is 2. The molecule has 1 N–H and O–H groups in total. The summed E-state index contributed by atoms with van der Waals surface area (Å²) in [5.41, 5.74) is 0.134. The molecule has 90 valence electrons. The van der Waals surface area contributed by atoms with E-state index in [0.717, 1.165) is 12.1 Å². The average Bonchev–Trinajstić information content (AvgIpc) is 2.24. The number of hydrogen-bond acceptors (Lipinski definition) is 2. The van der Waals surface area contributed by atoms with Crippen molar-refractivity contribution in [2.75, 3.05) is 5.32 Å². The van der Waals surface area contributed by atoms with Crippen LogP contribution in [0.1, 0.15) is 13.8 Å². The summed E-state index contributed by atoms with van der Waals surface area (Å²) in [6.07, 6.45) is 0. The molecule has 0 saturated carbocycles. The van der Waals surface area contributed by atoms with E-state index in [0.29, 0.717) is 0 Å². The molecule has 17 heavy (non-hydrogen) atoms. The summed E-state index contributed by atoms with van der Waals surface area (Å²) in [6.45, 7) is 3.47. The molecule has 0 aliphatic carbocycles. The number of amides is 1. The minimum atomic E-state index is -1.04. The normalized spacial score (nSPS) is 12.0. The lowest BCUT2D eigenvalue weighted by atomic mass is 9.96. The SMILES string of the molecule is CC(C)C(C#N)C(=O)Nc1ccc(F)c(F)c1. The van der Waals surface area contributed by atoms with Crippen molar-refractivity contribution in [1.82, 2.24) is 0 Å². The molecule has 0 aliphatic rings. The molecule has 0 radical (unpaired) electrons. The van der Waals surface area contributed by atoms with Gasteiger partial charge in [-0.2, -0.15) is 5.26 Å². The predicted molar refractivity (Wildman–Crippen MR) is 58.9 cm³/mol. The molecule has 0 aromatic heterocycles. The second kappa shape index (κ2) is 5.39. The average molecular weight is 238 g/mol. The van der Waals surface area contributed by atoms with Crippen molar-refractivity contribution in [3.63, 3.8) is 0 Å². The van der Waals surface area contributed by atoms with Crippen LogP contribution in [-0.4, -0.2) is 5.91 Å². The van der Waals surface area contributed by atoms with Crippen LogP contribution in [0.25, 0.3) is 0 Å². The number of hydrogen-bond donors (Lipinski definition) is 1. The van der Waals surface area contributed by atoms with E-state index in [-0.39, 0.29) is 11.6 Å². The molecule has 1 rings (SSSR count). The number of nitrogens with one attached hydrogen (secondary N) is 1. The summed E-state index contributed by atoms with van der Waals surface area (Å²) in [6, 6.07) is 4.90. The Morgan fingerprint density at radius 2 is 2.00 bits per heavy atom. The molecule has 0 spiro atoms. The Morgan fingerprint density at radius 3 is 2.47 bits per heavy atom. The van der Waals surface area contributed by atoms with E-state index >= 15 is 0 Å². The van der Waals surface area contributed by atoms with Gasteiger partial charge in [-0.15, -0.1) is 0 Å². The molecule has 1 aromatic carbocycles. The minimum Gasteiger partial charge on any atom is -0.325 e. The zero-order valence-corrected chi connectivity index (χ0v) is 9.50. The van der Waals surface area contributed by atoms with Crippen LogP contribution in [0.2, 0.25) is 0 Å². The number of nitrogens with zero attached hydrogens (tertiary/aromatic N) is 1. The summed E-state index contributed by atoms with van der Waals surface area (Å²) < 4.78 is 25.5. The first-order chi connectivity index (χ1) is 7.95. The van der Waals surface area contributed by atoms with Crippen molar-refractivity contribution >= 4 is 11.6 Å². The molecule has 1 atom stereocenters. The first-order valence-electron chi connectivity index (χ1n) is 5.11. The second-order valence-corrected chi connectivity index (χ2v) is 3.97. The van der Waals surface area contributed by atoms with E-state index in [9.17, 15) is 13.6 Å². The van der Waals surface area contributed by atoms with Crippen molar-refractivity contribution in [3.05, 3.63) is 29.8 Å². The number of anilines is 1. The summed E-state index contributed by atoms with van der Waals surface area (Å²) >= 11 is 0. The van der Waals surface area contributed by atoms with E-state index in [1.807, 2.05) is 6.07 Å². The fourth-order valence-electron chi connectivity index (χ4n) is 1.30. The third kappa shape index (κ3) is 3.25. The minimum absolute atomic E-state index is 0.134. The molecule has 0 fully saturated rings. The maximum Gasteiger partial charge on any atom is 0.241 e. The molecule has 1 amide bonds. The van der Waals surface area contributed by atoms with Gasteiger partial charge in [-0.1, -0.05) is 13.8 Å². The third-order valence-corrected chi connectivity index (χ3v) is 2.28. The molecular formula is C12H12F2N2O. The van der Waals surface area contributed by atoms with Gasteiger partial charge in [0.25, 0.3) is 0 Å². The third-order valence-electron chi connectivity index (χ3n) is 2.28. The fraction of sp³-hybridized carbons (Fsp3) is 0.333. The highest BCUT2D eigenvalue weighted by Crippen LogP contribution is 2.16. The molecule has 0 bridgehead atoms. The van der Waals surface area contributed by atoms with E-state index < -0.39 is 23.5 Å². The smallest absolute Gasteiger partial charge is 0.241 e. The maximum absolute atomic E-state index is 12.9. The highest BCUT2D eigenvalue weighted by Gasteiger charge is 2.21. The predicted octanol–water partition coefficient (Wildman–Crippen LogP) is 2.70. The number of nitriles is 1. The van der Waals surface area contributed by atoms with Gasteiger partial charge < -0.3 is 5.32 Å². The van der Waals surface area contributed by atoms with Crippen LogP contribution < -0.4 is 5.32 Å². The Kier molecular flexibility index (Phi) is 4.16. The van der Waals surface area contributed by atoms with Crippen LogP contribution in [0.4, 0.5) is 14.5 Å². The summed E-state index contributed by atoms with van der Waals surface area (Å²) in [5.74, 6) is -3.51. The summed E-state index contributed by atoms with van der Waals surface area (Å²) in [5, 5.41) is 11.2. The first-order valence-corrected chi connectivity index (χ1v) is 5.11. The largest absolute Gasteiger partial charge is 0.325 e. The van der Waals surface area contributed by atoms with Gasteiger partial charge in [0.05, 0.1) is 6.07 Å². The van der Waals surface area contributed by atoms with Gasteiger partial charge in [-0.05, 0) is 18.1 Å². The van der Waals surface area contributed by atoms with Gasteiger partial charge in [0, 0.05) is 11.8 Å². The number of carbonyl (C=O) groups excluding carboxylic acids is 1. The van der Waals surface area contributed by atoms with Crippen LogP contribution in [-0.2, 0) is 4.79 Å². The van der Waals surface area contributed by atoms with E-state index in [1.165, 1.54) is 6.07 Å². The Labute approximate surface area is 98.1 Å². The zero-order chi connectivity index (χ0) is 13.0. The van der Waals surface area contributed by atoms with Crippen molar-refractivity contribution < 1.29 is 13.6 Å². The lowest BCUT2D eigenvalue weighted by Gasteiger charge is -2.13.